The molecule has 5 heterocycles. The Labute approximate surface area is 641 Å². The maximum Gasteiger partial charge on any atom is 2.00 e. The molecule has 0 atom stereocenters. The minimum Gasteiger partial charge on any atom is -0.512 e. The van der Waals surface area contributed by atoms with Crippen molar-refractivity contribution in [2.75, 3.05) is 4.90 Å². The second-order valence-electron chi connectivity index (χ2n) is 22.2. The number of aliphatic hydroxyl groups is 2. The molecule has 9 aromatic carbocycles. The number of aryl methyl sites for hydroxylation is 3. The van der Waals surface area contributed by atoms with Crippen molar-refractivity contribution < 1.29 is 101 Å². The van der Waals surface area contributed by atoms with Crippen LogP contribution in [0.25, 0.3) is 88.7 Å². The SMILES string of the molecule is CC(=O)C=C(C)O.CC(=O)C=C(C)O.Cc1cc(C)c(N(c2[c-]c(-c3ccccn3)ccc2)c2[c-]c(-c3ccccn3)ccc2)c(C)c1.[Ir].[Ir].[Ir].[Pt+2].[c-]1ccccc1-c1ccc2ccccc2n1.[c-]1ccccc1-c1nccc2ccccc12.[c-]1ccccc1-c1nccc2ccccc12. The number of fused-ring (bicyclic) bond motifs is 3. The van der Waals surface area contributed by atoms with Gasteiger partial charge in [0.25, 0.3) is 0 Å². The van der Waals surface area contributed by atoms with E-state index in [0.29, 0.717) is 0 Å². The van der Waals surface area contributed by atoms with Gasteiger partial charge in [-0.3, -0.25) is 14.6 Å². The molecular weight excluding hydrogens is 1950 g/mol. The van der Waals surface area contributed by atoms with Gasteiger partial charge in [0, 0.05) is 103 Å². The van der Waals surface area contributed by atoms with Crippen LogP contribution in [0.4, 0.5) is 17.1 Å². The van der Waals surface area contributed by atoms with Gasteiger partial charge < -0.3 is 35.0 Å². The Bertz CT molecular complexity index is 4660. The molecule has 0 saturated heterocycles. The van der Waals surface area contributed by atoms with Crippen LogP contribution >= 0.6 is 0 Å². The number of para-hydroxylation sites is 1. The molecule has 0 amide bonds. The molecule has 0 fully saturated rings. The molecule has 0 saturated carbocycles. The molecule has 509 valence electrons. The molecule has 0 aliphatic rings. The summed E-state index contributed by atoms with van der Waals surface area (Å²) in [5.74, 6) is -0.125. The Kier molecular flexibility index (Phi) is 33.8. The van der Waals surface area contributed by atoms with Crippen LogP contribution in [-0.2, 0) is 91.0 Å². The Balaban J connectivity index is 0.000000234. The van der Waals surface area contributed by atoms with Crippen molar-refractivity contribution in [3.05, 3.63) is 350 Å². The van der Waals surface area contributed by atoms with Gasteiger partial charge in [-0.1, -0.05) is 121 Å². The Morgan fingerprint density at radius 1 is 0.390 bits per heavy atom. The van der Waals surface area contributed by atoms with Crippen LogP contribution in [0.5, 0.6) is 0 Å². The molecule has 0 bridgehead atoms. The summed E-state index contributed by atoms with van der Waals surface area (Å²) in [5, 5.41) is 22.7. The number of allylic oxidation sites excluding steroid dienone is 4. The average molecular weight is 2020 g/mol. The number of pyridine rings is 5. The van der Waals surface area contributed by atoms with Crippen molar-refractivity contribution in [1.82, 2.24) is 24.9 Å². The van der Waals surface area contributed by atoms with Gasteiger partial charge >= 0.3 is 21.1 Å². The summed E-state index contributed by atoms with van der Waals surface area (Å²) in [6.07, 6.45) is 9.65. The Morgan fingerprint density at radius 2 is 0.790 bits per heavy atom. The summed E-state index contributed by atoms with van der Waals surface area (Å²) in [7, 11) is 0. The molecule has 0 aliphatic heterocycles. The largest absolute Gasteiger partial charge is 2.00 e. The summed E-state index contributed by atoms with van der Waals surface area (Å²) >= 11 is 0. The van der Waals surface area contributed by atoms with Crippen LogP contribution in [0.3, 0.4) is 0 Å². The first-order chi connectivity index (χ1) is 46.7. The molecule has 0 unspecified atom stereocenters. The van der Waals surface area contributed by atoms with Crippen LogP contribution < -0.4 is 4.90 Å². The van der Waals surface area contributed by atoms with E-state index >= 15 is 0 Å². The van der Waals surface area contributed by atoms with E-state index in [-0.39, 0.29) is 104 Å². The summed E-state index contributed by atoms with van der Waals surface area (Å²) in [6.45, 7) is 12.2. The summed E-state index contributed by atoms with van der Waals surface area (Å²) in [6, 6.07) is 102. The number of aromatic nitrogens is 5. The fourth-order valence-electron chi connectivity index (χ4n) is 10.5. The summed E-state index contributed by atoms with van der Waals surface area (Å²) in [4.78, 5) is 44.8. The zero-order valence-electron chi connectivity index (χ0n) is 55.9. The molecule has 0 aliphatic carbocycles. The number of anilines is 3. The Hall–Kier alpha value is -9.63. The molecule has 3 radical (unpaired) electrons. The molecule has 2 N–H and O–H groups in total. The predicted molar refractivity (Wildman–Crippen MR) is 392 cm³/mol. The van der Waals surface area contributed by atoms with Gasteiger partial charge in [-0.25, -0.2) is 0 Å². The predicted octanol–water partition coefficient (Wildman–Crippen LogP) is 21.0. The number of aliphatic hydroxyl groups excluding tert-OH is 2. The normalized spacial score (nSPS) is 10.3. The van der Waals surface area contributed by atoms with Gasteiger partial charge in [-0.15, -0.1) is 167 Å². The second kappa shape index (κ2) is 41.7. The first-order valence-electron chi connectivity index (χ1n) is 31.1. The zero-order chi connectivity index (χ0) is 67.6. The first-order valence-corrected chi connectivity index (χ1v) is 31.1. The minimum absolute atomic E-state index is 0. The van der Waals surface area contributed by atoms with Gasteiger partial charge in [-0.2, -0.15) is 0 Å². The zero-order valence-corrected chi connectivity index (χ0v) is 65.4. The smallest absolute Gasteiger partial charge is 0.512 e. The van der Waals surface area contributed by atoms with Crippen LogP contribution in [0.1, 0.15) is 44.4 Å². The van der Waals surface area contributed by atoms with Crippen molar-refractivity contribution >= 4 is 61.1 Å². The number of hydrogen-bond donors (Lipinski definition) is 2. The number of benzene rings is 9. The first kappa shape index (κ1) is 81.0. The standard InChI is InChI=1S/C31H25N3.3C15H10N.2C5H8O2.3Ir.Pt/c1-22-18-23(2)31(24(3)19-22)34(27-12-8-10-25(20-27)29-14-4-6-16-32-29)28-13-9-11-26(21-28)30-15-5-7-17-33-30;2*1-2-7-13(8-3-1)15-14-9-5-4-6-12(14)10-11-16-15;1-2-6-12(7-3-1)15-11-10-13-8-4-5-9-14(13)16-15;2*1-4(6)3-5(2)7;;;;/h4-19H,1-3H3;2*1-7,9-11H;1-6,8-11H;2*3,6H,1-2H3;;;;/q-2;3*-1;;;;;;+2. The topological polar surface area (TPSA) is 142 Å². The fraction of sp³-hybridized carbons (Fsp3) is 0.0814. The van der Waals surface area contributed by atoms with Crippen LogP contribution in [0.2, 0.25) is 0 Å². The number of ketones is 2. The van der Waals surface area contributed by atoms with Gasteiger partial charge in [0.05, 0.1) is 17.0 Å². The Morgan fingerprint density at radius 3 is 1.19 bits per heavy atom. The molecule has 14 heteroatoms. The van der Waals surface area contributed by atoms with E-state index in [2.05, 4.69) is 154 Å². The van der Waals surface area contributed by atoms with Crippen molar-refractivity contribution in [3.8, 4) is 56.3 Å². The van der Waals surface area contributed by atoms with E-state index in [9.17, 15) is 9.59 Å². The monoisotopic (exact) mass is 2030 g/mol. The number of nitrogens with zero attached hydrogens (tertiary/aromatic N) is 6. The molecular formula is C86H71Ir3N6O4Pt-3. The fourth-order valence-corrected chi connectivity index (χ4v) is 10.5. The van der Waals surface area contributed by atoms with Gasteiger partial charge in [-0.05, 0) is 157 Å². The average Bonchev–Trinajstić information content (AvgIpc) is 0.792. The van der Waals surface area contributed by atoms with Crippen molar-refractivity contribution in [2.24, 2.45) is 0 Å². The third-order valence-electron chi connectivity index (χ3n) is 14.5. The van der Waals surface area contributed by atoms with Crippen molar-refractivity contribution in [2.45, 2.75) is 48.5 Å². The van der Waals surface area contributed by atoms with E-state index < -0.39 is 0 Å². The van der Waals surface area contributed by atoms with Gasteiger partial charge in [0.1, 0.15) is 0 Å². The third-order valence-corrected chi connectivity index (χ3v) is 14.5. The van der Waals surface area contributed by atoms with Crippen molar-refractivity contribution in [1.29, 1.82) is 0 Å². The molecule has 5 aromatic heterocycles. The van der Waals surface area contributed by atoms with Crippen LogP contribution in [-0.4, -0.2) is 46.7 Å². The van der Waals surface area contributed by atoms with Crippen molar-refractivity contribution in [3.63, 3.8) is 0 Å². The number of hydrogen-bond acceptors (Lipinski definition) is 10. The number of rotatable bonds is 10. The molecule has 14 rings (SSSR count). The second-order valence-corrected chi connectivity index (χ2v) is 22.2. The molecule has 0 spiro atoms. The summed E-state index contributed by atoms with van der Waals surface area (Å²) in [5.41, 5.74) is 17.5. The number of carbonyl (C=O) groups is 2. The third kappa shape index (κ3) is 23.8. The van der Waals surface area contributed by atoms with E-state index in [1.165, 1.54) is 83.5 Å². The number of carbonyl (C=O) groups excluding carboxylic acids is 2. The van der Waals surface area contributed by atoms with Gasteiger partial charge in [0.15, 0.2) is 11.6 Å². The summed E-state index contributed by atoms with van der Waals surface area (Å²) < 4.78 is 0. The van der Waals surface area contributed by atoms with E-state index in [0.717, 1.165) is 78.9 Å². The maximum atomic E-state index is 10.0. The van der Waals surface area contributed by atoms with Gasteiger partial charge in [0.2, 0.25) is 0 Å². The van der Waals surface area contributed by atoms with E-state index in [1.807, 2.05) is 207 Å². The van der Waals surface area contributed by atoms with Crippen LogP contribution in [0.15, 0.2) is 303 Å². The van der Waals surface area contributed by atoms with E-state index in [4.69, 9.17) is 10.2 Å². The maximum absolute atomic E-state index is 10.0. The van der Waals surface area contributed by atoms with Crippen LogP contribution in [0, 0.1) is 51.1 Å². The minimum atomic E-state index is -0.125. The van der Waals surface area contributed by atoms with E-state index in [1.54, 1.807) is 0 Å². The molecule has 100 heavy (non-hydrogen) atoms. The quantitative estimate of drug-likeness (QED) is 0.0772. The molecule has 10 nitrogen and oxygen atoms in total. The molecule has 14 aromatic rings.